The van der Waals surface area contributed by atoms with Crippen molar-refractivity contribution >= 4 is 39.1 Å². The summed E-state index contributed by atoms with van der Waals surface area (Å²) < 4.78 is 14.7. The molecule has 0 radical (unpaired) electrons. The fourth-order valence-electron chi connectivity index (χ4n) is 2.18. The summed E-state index contributed by atoms with van der Waals surface area (Å²) in [5.41, 5.74) is 1.68. The van der Waals surface area contributed by atoms with Crippen LogP contribution in [0.1, 0.15) is 11.1 Å². The fraction of sp³-hybridized carbons (Fsp3) is 0.250. The van der Waals surface area contributed by atoms with Crippen molar-refractivity contribution in [2.45, 2.75) is 18.9 Å². The van der Waals surface area contributed by atoms with Crippen molar-refractivity contribution in [1.82, 2.24) is 5.32 Å². The lowest BCUT2D eigenvalue weighted by atomic mass is 9.99. The standard InChI is InChI=1S/C16H15BrCl2FN/c1-21-14(6-10-3-5-13(18)9-15(10)19)7-11-2-4-12(17)8-16(11)20/h2-5,8-9,14,21H,6-7H2,1H3. The molecule has 1 unspecified atom stereocenters. The molecule has 21 heavy (non-hydrogen) atoms. The Morgan fingerprint density at radius 1 is 1.10 bits per heavy atom. The molecular formula is C16H15BrCl2FN. The van der Waals surface area contributed by atoms with Crippen LogP contribution in [-0.4, -0.2) is 13.1 Å². The average molecular weight is 391 g/mol. The zero-order valence-electron chi connectivity index (χ0n) is 11.5. The topological polar surface area (TPSA) is 12.0 Å². The molecule has 0 fully saturated rings. The average Bonchev–Trinajstić information content (AvgIpc) is 2.43. The van der Waals surface area contributed by atoms with Gasteiger partial charge in [0.15, 0.2) is 0 Å². The monoisotopic (exact) mass is 389 g/mol. The van der Waals surface area contributed by atoms with E-state index in [1.165, 1.54) is 6.07 Å². The molecule has 5 heteroatoms. The van der Waals surface area contributed by atoms with Crippen molar-refractivity contribution in [1.29, 1.82) is 0 Å². The molecule has 1 nitrogen and oxygen atoms in total. The van der Waals surface area contributed by atoms with Gasteiger partial charge < -0.3 is 5.32 Å². The smallest absolute Gasteiger partial charge is 0.127 e. The maximum absolute atomic E-state index is 13.9. The van der Waals surface area contributed by atoms with E-state index in [4.69, 9.17) is 23.2 Å². The minimum atomic E-state index is -0.202. The highest BCUT2D eigenvalue weighted by atomic mass is 79.9. The molecule has 2 rings (SSSR count). The number of hydrogen-bond acceptors (Lipinski definition) is 1. The van der Waals surface area contributed by atoms with Crippen LogP contribution in [0.15, 0.2) is 40.9 Å². The second-order valence-electron chi connectivity index (χ2n) is 4.87. The van der Waals surface area contributed by atoms with E-state index in [9.17, 15) is 4.39 Å². The van der Waals surface area contributed by atoms with E-state index in [-0.39, 0.29) is 11.9 Å². The number of rotatable bonds is 5. The van der Waals surface area contributed by atoms with Crippen molar-refractivity contribution in [3.63, 3.8) is 0 Å². The molecule has 0 saturated heterocycles. The van der Waals surface area contributed by atoms with Gasteiger partial charge in [0.25, 0.3) is 0 Å². The second-order valence-corrected chi connectivity index (χ2v) is 6.62. The predicted octanol–water partition coefficient (Wildman–Crippen LogP) is 5.27. The highest BCUT2D eigenvalue weighted by molar-refractivity contribution is 9.10. The molecule has 1 N–H and O–H groups in total. The van der Waals surface area contributed by atoms with E-state index < -0.39 is 0 Å². The first-order valence-corrected chi connectivity index (χ1v) is 8.09. The van der Waals surface area contributed by atoms with E-state index >= 15 is 0 Å². The molecule has 0 aliphatic rings. The Morgan fingerprint density at radius 2 is 1.76 bits per heavy atom. The molecule has 0 bridgehead atoms. The molecule has 2 aromatic rings. The molecule has 0 amide bonds. The van der Waals surface area contributed by atoms with E-state index in [1.807, 2.05) is 25.2 Å². The molecule has 0 spiro atoms. The number of hydrogen-bond donors (Lipinski definition) is 1. The molecule has 0 aliphatic heterocycles. The van der Waals surface area contributed by atoms with Gasteiger partial charge in [0, 0.05) is 20.6 Å². The van der Waals surface area contributed by atoms with Crippen molar-refractivity contribution in [3.05, 3.63) is 67.9 Å². The quantitative estimate of drug-likeness (QED) is 0.733. The van der Waals surface area contributed by atoms with E-state index in [0.717, 1.165) is 10.0 Å². The molecule has 1 atom stereocenters. The van der Waals surface area contributed by atoms with Crippen LogP contribution in [0.5, 0.6) is 0 Å². The van der Waals surface area contributed by atoms with Crippen LogP contribution < -0.4 is 5.32 Å². The normalized spacial score (nSPS) is 12.4. The zero-order chi connectivity index (χ0) is 15.4. The molecule has 0 aliphatic carbocycles. The summed E-state index contributed by atoms with van der Waals surface area (Å²) in [5.74, 6) is -0.202. The van der Waals surface area contributed by atoms with Gasteiger partial charge in [0.2, 0.25) is 0 Å². The highest BCUT2D eigenvalue weighted by Gasteiger charge is 2.13. The van der Waals surface area contributed by atoms with E-state index in [1.54, 1.807) is 12.1 Å². The van der Waals surface area contributed by atoms with Crippen LogP contribution >= 0.6 is 39.1 Å². The van der Waals surface area contributed by atoms with Gasteiger partial charge in [0.1, 0.15) is 5.82 Å². The van der Waals surface area contributed by atoms with Gasteiger partial charge in [-0.25, -0.2) is 4.39 Å². The lowest BCUT2D eigenvalue weighted by molar-refractivity contribution is 0.532. The molecule has 0 aromatic heterocycles. The third-order valence-corrected chi connectivity index (χ3v) is 4.45. The van der Waals surface area contributed by atoms with Crippen LogP contribution in [0.25, 0.3) is 0 Å². The summed E-state index contributed by atoms with van der Waals surface area (Å²) in [6.45, 7) is 0. The van der Waals surface area contributed by atoms with E-state index in [2.05, 4.69) is 21.2 Å². The first-order valence-electron chi connectivity index (χ1n) is 6.54. The van der Waals surface area contributed by atoms with Crippen LogP contribution in [0, 0.1) is 5.82 Å². The van der Waals surface area contributed by atoms with Crippen LogP contribution in [0.3, 0.4) is 0 Å². The summed E-state index contributed by atoms with van der Waals surface area (Å²) in [7, 11) is 1.87. The maximum atomic E-state index is 13.9. The number of likely N-dealkylation sites (N-methyl/N-ethyl adjacent to an activating group) is 1. The van der Waals surface area contributed by atoms with Crippen LogP contribution in [0.2, 0.25) is 10.0 Å². The lowest BCUT2D eigenvalue weighted by Gasteiger charge is -2.18. The first-order chi connectivity index (χ1) is 9.99. The summed E-state index contributed by atoms with van der Waals surface area (Å²) >= 11 is 15.4. The maximum Gasteiger partial charge on any atom is 0.127 e. The molecular weight excluding hydrogens is 376 g/mol. The molecule has 2 aromatic carbocycles. The SMILES string of the molecule is CNC(Cc1ccc(Br)cc1F)Cc1ccc(Cl)cc1Cl. The van der Waals surface area contributed by atoms with Gasteiger partial charge in [-0.1, -0.05) is 51.3 Å². The van der Waals surface area contributed by atoms with Crippen molar-refractivity contribution < 1.29 is 4.39 Å². The zero-order valence-corrected chi connectivity index (χ0v) is 14.6. The van der Waals surface area contributed by atoms with Gasteiger partial charge in [-0.05, 0) is 55.3 Å². The Labute approximate surface area is 142 Å². The van der Waals surface area contributed by atoms with Gasteiger partial charge >= 0.3 is 0 Å². The summed E-state index contributed by atoms with van der Waals surface area (Å²) in [6.07, 6.45) is 1.30. The fourth-order valence-corrected chi connectivity index (χ4v) is 3.00. The van der Waals surface area contributed by atoms with Gasteiger partial charge in [0.05, 0.1) is 0 Å². The highest BCUT2D eigenvalue weighted by Crippen LogP contribution is 2.23. The Bertz CT molecular complexity index is 580. The molecule has 0 heterocycles. The summed E-state index contributed by atoms with van der Waals surface area (Å²) in [4.78, 5) is 0. The predicted molar refractivity (Wildman–Crippen MR) is 90.8 cm³/mol. The van der Waals surface area contributed by atoms with Gasteiger partial charge in [-0.2, -0.15) is 0 Å². The van der Waals surface area contributed by atoms with Gasteiger partial charge in [-0.15, -0.1) is 0 Å². The second kappa shape index (κ2) is 7.59. The Balaban J connectivity index is 2.13. The minimum Gasteiger partial charge on any atom is -0.316 e. The Morgan fingerprint density at radius 3 is 2.38 bits per heavy atom. The van der Waals surface area contributed by atoms with Crippen molar-refractivity contribution in [2.75, 3.05) is 7.05 Å². The van der Waals surface area contributed by atoms with E-state index in [0.29, 0.717) is 28.5 Å². The van der Waals surface area contributed by atoms with Crippen molar-refractivity contribution in [2.24, 2.45) is 0 Å². The largest absolute Gasteiger partial charge is 0.316 e. The molecule has 112 valence electrons. The Kier molecular flexibility index (Phi) is 6.06. The third kappa shape index (κ3) is 4.68. The van der Waals surface area contributed by atoms with Crippen molar-refractivity contribution in [3.8, 4) is 0 Å². The molecule has 0 saturated carbocycles. The van der Waals surface area contributed by atoms with Crippen LogP contribution in [-0.2, 0) is 12.8 Å². The number of nitrogens with one attached hydrogen (secondary N) is 1. The van der Waals surface area contributed by atoms with Gasteiger partial charge in [-0.3, -0.25) is 0 Å². The minimum absolute atomic E-state index is 0.0966. The summed E-state index contributed by atoms with van der Waals surface area (Å²) in [6, 6.07) is 10.7. The third-order valence-electron chi connectivity index (χ3n) is 3.37. The Hall–Kier alpha value is -0.610. The van der Waals surface area contributed by atoms with Crippen LogP contribution in [0.4, 0.5) is 4.39 Å². The lowest BCUT2D eigenvalue weighted by Crippen LogP contribution is -2.30. The summed E-state index contributed by atoms with van der Waals surface area (Å²) in [5, 5.41) is 4.47. The first kappa shape index (κ1) is 16.8. The number of benzene rings is 2. The number of halogens is 4.